The van der Waals surface area contributed by atoms with Crippen LogP contribution in [0.5, 0.6) is 5.75 Å². The molecule has 1 N–H and O–H groups in total. The van der Waals surface area contributed by atoms with Gasteiger partial charge in [0.1, 0.15) is 11.6 Å². The molecule has 0 aliphatic rings. The summed E-state index contributed by atoms with van der Waals surface area (Å²) < 4.78 is 5.45. The summed E-state index contributed by atoms with van der Waals surface area (Å²) in [4.78, 5) is 13.1. The lowest BCUT2D eigenvalue weighted by Gasteiger charge is -2.17. The van der Waals surface area contributed by atoms with Gasteiger partial charge in [-0.1, -0.05) is 0 Å². The van der Waals surface area contributed by atoms with Gasteiger partial charge in [0.15, 0.2) is 0 Å². The third-order valence-electron chi connectivity index (χ3n) is 3.39. The number of aromatic nitrogens is 3. The molecule has 0 aromatic carbocycles. The molecule has 5 heteroatoms. The van der Waals surface area contributed by atoms with Crippen LogP contribution in [0.25, 0.3) is 0 Å². The molecule has 0 aliphatic carbocycles. The molecule has 0 fully saturated rings. The highest BCUT2D eigenvalue weighted by Crippen LogP contribution is 2.26. The molecule has 106 valence electrons. The zero-order chi connectivity index (χ0) is 14.5. The number of hydrogen-bond acceptors (Lipinski definition) is 5. The molecule has 0 bridgehead atoms. The fraction of sp³-hybridized carbons (Fsp3) is 0.400. The van der Waals surface area contributed by atoms with Crippen molar-refractivity contribution in [3.8, 4) is 5.75 Å². The number of aryl methyl sites for hydroxylation is 1. The fourth-order valence-electron chi connectivity index (χ4n) is 2.28. The number of nitrogens with zero attached hydrogens (tertiary/aromatic N) is 3. The van der Waals surface area contributed by atoms with Crippen LogP contribution in [-0.4, -0.2) is 29.1 Å². The lowest BCUT2D eigenvalue weighted by atomic mass is 10.0. The highest BCUT2D eigenvalue weighted by atomic mass is 16.5. The van der Waals surface area contributed by atoms with E-state index in [0.717, 1.165) is 34.8 Å². The summed E-state index contributed by atoms with van der Waals surface area (Å²) in [6.07, 6.45) is 6.08. The Morgan fingerprint density at radius 1 is 1.20 bits per heavy atom. The Balaban J connectivity index is 2.29. The molecular weight excluding hydrogens is 252 g/mol. The maximum Gasteiger partial charge on any atom is 0.145 e. The van der Waals surface area contributed by atoms with Crippen LogP contribution in [0, 0.1) is 13.8 Å². The molecule has 2 aromatic heterocycles. The summed E-state index contributed by atoms with van der Waals surface area (Å²) in [5.74, 6) is 1.68. The molecule has 1 atom stereocenters. The van der Waals surface area contributed by atoms with Crippen LogP contribution in [0.15, 0.2) is 24.7 Å². The number of ether oxygens (including phenoxy) is 1. The minimum atomic E-state index is 0.0369. The molecule has 0 aliphatic heterocycles. The van der Waals surface area contributed by atoms with Gasteiger partial charge in [-0.25, -0.2) is 9.97 Å². The van der Waals surface area contributed by atoms with Gasteiger partial charge in [0, 0.05) is 41.8 Å². The van der Waals surface area contributed by atoms with E-state index in [4.69, 9.17) is 4.74 Å². The lowest BCUT2D eigenvalue weighted by molar-refractivity contribution is 0.406. The van der Waals surface area contributed by atoms with Crippen LogP contribution in [0.1, 0.15) is 28.7 Å². The predicted octanol–water partition coefficient (Wildman–Crippen LogP) is 2.00. The van der Waals surface area contributed by atoms with E-state index in [1.165, 1.54) is 0 Å². The molecule has 1 unspecified atom stereocenters. The summed E-state index contributed by atoms with van der Waals surface area (Å²) in [6.45, 7) is 4.03. The minimum Gasteiger partial charge on any atom is -0.496 e. The maximum absolute atomic E-state index is 5.45. The predicted molar refractivity (Wildman–Crippen MR) is 77.8 cm³/mol. The van der Waals surface area contributed by atoms with Crippen molar-refractivity contribution in [1.29, 1.82) is 0 Å². The molecule has 0 saturated carbocycles. The summed E-state index contributed by atoms with van der Waals surface area (Å²) in [6, 6.07) is 1.85. The first-order chi connectivity index (χ1) is 9.67. The van der Waals surface area contributed by atoms with E-state index in [0.29, 0.717) is 0 Å². The lowest BCUT2D eigenvalue weighted by Crippen LogP contribution is -2.22. The van der Waals surface area contributed by atoms with Crippen LogP contribution < -0.4 is 10.1 Å². The molecule has 0 radical (unpaired) electrons. The van der Waals surface area contributed by atoms with Crippen molar-refractivity contribution >= 4 is 0 Å². The van der Waals surface area contributed by atoms with Crippen LogP contribution in [0.3, 0.4) is 0 Å². The first kappa shape index (κ1) is 14.4. The van der Waals surface area contributed by atoms with E-state index in [1.54, 1.807) is 19.5 Å². The number of likely N-dealkylation sites (N-methyl/N-ethyl adjacent to an activating group) is 1. The quantitative estimate of drug-likeness (QED) is 0.902. The van der Waals surface area contributed by atoms with Gasteiger partial charge in [0.2, 0.25) is 0 Å². The van der Waals surface area contributed by atoms with Gasteiger partial charge in [0.25, 0.3) is 0 Å². The molecule has 5 nitrogen and oxygen atoms in total. The van der Waals surface area contributed by atoms with Crippen LogP contribution in [0.4, 0.5) is 0 Å². The molecule has 0 amide bonds. The molecule has 2 rings (SSSR count). The van der Waals surface area contributed by atoms with Gasteiger partial charge < -0.3 is 10.1 Å². The number of methoxy groups -OCH3 is 1. The Morgan fingerprint density at radius 2 is 1.90 bits per heavy atom. The monoisotopic (exact) mass is 272 g/mol. The minimum absolute atomic E-state index is 0.0369. The third-order valence-corrected chi connectivity index (χ3v) is 3.39. The van der Waals surface area contributed by atoms with Crippen molar-refractivity contribution in [2.24, 2.45) is 0 Å². The summed E-state index contributed by atoms with van der Waals surface area (Å²) in [5, 5.41) is 3.24. The standard InChI is InChI=1S/C15H20N4O/c1-10-9-19-12(11(2)14(10)20-4)8-13(16-3)15-17-6-5-7-18-15/h5-7,9,13,16H,8H2,1-4H3. The third kappa shape index (κ3) is 2.93. The van der Waals surface area contributed by atoms with E-state index < -0.39 is 0 Å². The first-order valence-electron chi connectivity index (χ1n) is 6.60. The zero-order valence-corrected chi connectivity index (χ0v) is 12.3. The second-order valence-corrected chi connectivity index (χ2v) is 4.70. The second-order valence-electron chi connectivity index (χ2n) is 4.70. The molecule has 2 heterocycles. The topological polar surface area (TPSA) is 59.9 Å². The molecule has 2 aromatic rings. The molecular formula is C15H20N4O. The first-order valence-corrected chi connectivity index (χ1v) is 6.60. The normalized spacial score (nSPS) is 12.2. The van der Waals surface area contributed by atoms with Gasteiger partial charge in [-0.2, -0.15) is 0 Å². The van der Waals surface area contributed by atoms with Gasteiger partial charge in [-0.15, -0.1) is 0 Å². The van der Waals surface area contributed by atoms with E-state index in [1.807, 2.05) is 33.2 Å². The smallest absolute Gasteiger partial charge is 0.145 e. The fourth-order valence-corrected chi connectivity index (χ4v) is 2.28. The number of hydrogen-bond donors (Lipinski definition) is 1. The van der Waals surface area contributed by atoms with Gasteiger partial charge >= 0.3 is 0 Å². The van der Waals surface area contributed by atoms with Crippen molar-refractivity contribution in [2.75, 3.05) is 14.2 Å². The maximum atomic E-state index is 5.45. The van der Waals surface area contributed by atoms with E-state index >= 15 is 0 Å². The summed E-state index contributed by atoms with van der Waals surface area (Å²) >= 11 is 0. The van der Waals surface area contributed by atoms with E-state index in [-0.39, 0.29) is 6.04 Å². The van der Waals surface area contributed by atoms with Gasteiger partial charge in [0.05, 0.1) is 13.2 Å². The highest BCUT2D eigenvalue weighted by Gasteiger charge is 2.17. The van der Waals surface area contributed by atoms with Crippen molar-refractivity contribution in [3.05, 3.63) is 47.3 Å². The van der Waals surface area contributed by atoms with Crippen molar-refractivity contribution in [3.63, 3.8) is 0 Å². The van der Waals surface area contributed by atoms with Crippen molar-refractivity contribution in [1.82, 2.24) is 20.3 Å². The largest absolute Gasteiger partial charge is 0.496 e. The van der Waals surface area contributed by atoms with Crippen molar-refractivity contribution < 1.29 is 4.74 Å². The van der Waals surface area contributed by atoms with Crippen LogP contribution in [-0.2, 0) is 6.42 Å². The Bertz CT molecular complexity index is 572. The number of rotatable bonds is 5. The molecule has 0 saturated heterocycles. The Hall–Kier alpha value is -2.01. The average Bonchev–Trinajstić information content (AvgIpc) is 2.48. The van der Waals surface area contributed by atoms with Crippen molar-refractivity contribution in [2.45, 2.75) is 26.3 Å². The Morgan fingerprint density at radius 3 is 2.50 bits per heavy atom. The number of pyridine rings is 1. The summed E-state index contributed by atoms with van der Waals surface area (Å²) in [5.41, 5.74) is 3.12. The zero-order valence-electron chi connectivity index (χ0n) is 12.3. The SMILES string of the molecule is CNC(Cc1ncc(C)c(OC)c1C)c1ncccn1. The Labute approximate surface area is 119 Å². The van der Waals surface area contributed by atoms with E-state index in [2.05, 4.69) is 20.3 Å². The Kier molecular flexibility index (Phi) is 4.63. The van der Waals surface area contributed by atoms with Crippen LogP contribution in [0.2, 0.25) is 0 Å². The van der Waals surface area contributed by atoms with E-state index in [9.17, 15) is 0 Å². The molecule has 0 spiro atoms. The van der Waals surface area contributed by atoms with Gasteiger partial charge in [-0.05, 0) is 27.0 Å². The molecule has 20 heavy (non-hydrogen) atoms. The second kappa shape index (κ2) is 6.43. The van der Waals surface area contributed by atoms with Gasteiger partial charge in [-0.3, -0.25) is 4.98 Å². The summed E-state index contributed by atoms with van der Waals surface area (Å²) in [7, 11) is 3.59. The average molecular weight is 272 g/mol. The highest BCUT2D eigenvalue weighted by molar-refractivity contribution is 5.41. The number of nitrogens with one attached hydrogen (secondary N) is 1. The van der Waals surface area contributed by atoms with Crippen LogP contribution >= 0.6 is 0 Å².